The zero-order valence-electron chi connectivity index (χ0n) is 15.5. The van der Waals surface area contributed by atoms with Gasteiger partial charge in [0.05, 0.1) is 6.61 Å². The third kappa shape index (κ3) is 6.64. The minimum atomic E-state index is -0.681. The Hall–Kier alpha value is -2.41. The molecule has 0 aliphatic heterocycles. The Morgan fingerprint density at radius 1 is 1.00 bits per heavy atom. The van der Waals surface area contributed by atoms with Gasteiger partial charge in [-0.3, -0.25) is 5.84 Å². The van der Waals surface area contributed by atoms with Crippen molar-refractivity contribution in [2.24, 2.45) is 11.6 Å². The van der Waals surface area contributed by atoms with Crippen molar-refractivity contribution in [1.29, 1.82) is 0 Å². The van der Waals surface area contributed by atoms with Gasteiger partial charge in [-0.05, 0) is 42.3 Å². The second kappa shape index (κ2) is 10.8. The molecule has 150 valence electrons. The molecule has 0 aromatic heterocycles. The second-order valence-corrected chi connectivity index (χ2v) is 6.88. The molecule has 0 aliphatic rings. The molecule has 0 saturated carbocycles. The summed E-state index contributed by atoms with van der Waals surface area (Å²) in [7, 11) is 0. The number of carbonyl (C=O) groups is 1. The maximum atomic E-state index is 12.0. The first-order valence-electron chi connectivity index (χ1n) is 8.72. The molecular weight excluding hydrogens is 401 g/mol. The Morgan fingerprint density at radius 2 is 1.46 bits per heavy atom. The van der Waals surface area contributed by atoms with Crippen LogP contribution in [0, 0.1) is 0 Å². The Balaban J connectivity index is 2.24. The molecule has 2 rings (SSSR count). The van der Waals surface area contributed by atoms with Crippen LogP contribution in [0.3, 0.4) is 0 Å². The Kier molecular flexibility index (Phi) is 8.44. The third-order valence-corrected chi connectivity index (χ3v) is 4.42. The second-order valence-electron chi connectivity index (χ2n) is 6.01. The van der Waals surface area contributed by atoms with E-state index in [0.29, 0.717) is 22.9 Å². The molecule has 28 heavy (non-hydrogen) atoms. The molecule has 0 spiro atoms. The largest absolute Gasteiger partial charge is 0.474 e. The van der Waals surface area contributed by atoms with Crippen LogP contribution in [-0.4, -0.2) is 18.7 Å². The van der Waals surface area contributed by atoms with Crippen LogP contribution in [-0.2, 0) is 27.1 Å². The van der Waals surface area contributed by atoms with Gasteiger partial charge >= 0.3 is 5.97 Å². The average Bonchev–Trinajstić information content (AvgIpc) is 2.66. The predicted molar refractivity (Wildman–Crippen MR) is 110 cm³/mol. The molecule has 2 aromatic carbocycles. The number of nitrogens with one attached hydrogen (secondary N) is 1. The number of rotatable bonds is 9. The molecule has 0 atom stereocenters. The molecule has 0 amide bonds. The van der Waals surface area contributed by atoms with E-state index in [2.05, 4.69) is 5.43 Å². The van der Waals surface area contributed by atoms with Crippen molar-refractivity contribution in [3.8, 4) is 0 Å². The van der Waals surface area contributed by atoms with Gasteiger partial charge in [0, 0.05) is 22.9 Å². The quantitative estimate of drug-likeness (QED) is 0.188. The first kappa shape index (κ1) is 21.9. The van der Waals surface area contributed by atoms with Crippen LogP contribution in [0.2, 0.25) is 10.0 Å². The fourth-order valence-electron chi connectivity index (χ4n) is 2.59. The Labute approximate surface area is 174 Å². The number of carbonyl (C=O) groups excluding carboxylic acids is 1. The summed E-state index contributed by atoms with van der Waals surface area (Å²) in [6, 6.07) is 14.9. The summed E-state index contributed by atoms with van der Waals surface area (Å²) in [5.41, 5.74) is 10.1. The molecule has 8 heteroatoms. The summed E-state index contributed by atoms with van der Waals surface area (Å²) in [6.45, 7) is 1.88. The highest BCUT2D eigenvalue weighted by molar-refractivity contribution is 6.30. The van der Waals surface area contributed by atoms with E-state index in [9.17, 15) is 4.79 Å². The highest BCUT2D eigenvalue weighted by Crippen LogP contribution is 2.18. The lowest BCUT2D eigenvalue weighted by Crippen LogP contribution is -2.34. The highest BCUT2D eigenvalue weighted by atomic mass is 35.5. The standard InChI is InChI=1S/C20H23Cl2N3O3/c1-2-27-20(26)18(25-24)19(23)28-17(11-13-3-7-15(21)8-4-13)12-14-5-9-16(22)10-6-14/h3-10,17,25H,2,11-12,23-24H2,1H3/b19-18+. The van der Waals surface area contributed by atoms with E-state index in [4.69, 9.17) is 44.3 Å². The lowest BCUT2D eigenvalue weighted by atomic mass is 10.0. The molecule has 0 aliphatic carbocycles. The van der Waals surface area contributed by atoms with Crippen molar-refractivity contribution in [3.05, 3.63) is 81.3 Å². The minimum absolute atomic E-state index is 0.126. The molecule has 0 saturated heterocycles. The first-order chi connectivity index (χ1) is 13.4. The monoisotopic (exact) mass is 423 g/mol. The molecule has 0 bridgehead atoms. The normalized spacial score (nSPS) is 11.8. The summed E-state index contributed by atoms with van der Waals surface area (Å²) >= 11 is 11.9. The number of benzene rings is 2. The van der Waals surface area contributed by atoms with Gasteiger partial charge < -0.3 is 20.6 Å². The summed E-state index contributed by atoms with van der Waals surface area (Å²) in [5.74, 6) is 4.61. The van der Waals surface area contributed by atoms with Gasteiger partial charge in [-0.15, -0.1) is 0 Å². The summed E-state index contributed by atoms with van der Waals surface area (Å²) in [4.78, 5) is 12.0. The van der Waals surface area contributed by atoms with Crippen molar-refractivity contribution in [3.63, 3.8) is 0 Å². The van der Waals surface area contributed by atoms with E-state index in [1.165, 1.54) is 0 Å². The smallest absolute Gasteiger partial charge is 0.361 e. The third-order valence-electron chi connectivity index (χ3n) is 3.92. The van der Waals surface area contributed by atoms with Gasteiger partial charge in [0.15, 0.2) is 5.70 Å². The molecule has 0 radical (unpaired) electrons. The SMILES string of the molecule is CCOC(=O)/C(NN)=C(/N)OC(Cc1ccc(Cl)cc1)Cc1ccc(Cl)cc1. The van der Waals surface area contributed by atoms with Gasteiger partial charge in [0.2, 0.25) is 5.88 Å². The van der Waals surface area contributed by atoms with Crippen LogP contribution < -0.4 is 17.0 Å². The number of hydrogen-bond acceptors (Lipinski definition) is 6. The van der Waals surface area contributed by atoms with Gasteiger partial charge in [0.1, 0.15) is 6.10 Å². The van der Waals surface area contributed by atoms with E-state index in [1.54, 1.807) is 31.2 Å². The zero-order valence-corrected chi connectivity index (χ0v) is 17.0. The molecule has 0 fully saturated rings. The maximum absolute atomic E-state index is 12.0. The van der Waals surface area contributed by atoms with Crippen molar-refractivity contribution in [2.75, 3.05) is 6.61 Å². The van der Waals surface area contributed by atoms with Crippen LogP contribution in [0.25, 0.3) is 0 Å². The lowest BCUT2D eigenvalue weighted by molar-refractivity contribution is -0.139. The number of hydrogen-bond donors (Lipinski definition) is 3. The molecule has 2 aromatic rings. The first-order valence-corrected chi connectivity index (χ1v) is 9.47. The molecule has 0 unspecified atom stereocenters. The number of halogens is 2. The van der Waals surface area contributed by atoms with E-state index in [1.807, 2.05) is 24.3 Å². The van der Waals surface area contributed by atoms with Crippen molar-refractivity contribution in [1.82, 2.24) is 5.43 Å². The van der Waals surface area contributed by atoms with Gasteiger partial charge in [0.25, 0.3) is 0 Å². The molecule has 6 nitrogen and oxygen atoms in total. The molecule has 5 N–H and O–H groups in total. The Morgan fingerprint density at radius 3 is 1.86 bits per heavy atom. The van der Waals surface area contributed by atoms with Crippen LogP contribution in [0.5, 0.6) is 0 Å². The fraction of sp³-hybridized carbons (Fsp3) is 0.250. The van der Waals surface area contributed by atoms with Crippen LogP contribution in [0.15, 0.2) is 60.1 Å². The molecular formula is C20H23Cl2N3O3. The zero-order chi connectivity index (χ0) is 20.5. The maximum Gasteiger partial charge on any atom is 0.361 e. The Bertz CT molecular complexity index is 761. The van der Waals surface area contributed by atoms with Crippen LogP contribution in [0.4, 0.5) is 0 Å². The summed E-state index contributed by atoms with van der Waals surface area (Å²) in [6.07, 6.45) is 0.725. The summed E-state index contributed by atoms with van der Waals surface area (Å²) < 4.78 is 10.8. The number of esters is 1. The summed E-state index contributed by atoms with van der Waals surface area (Å²) in [5, 5.41) is 1.30. The lowest BCUT2D eigenvalue weighted by Gasteiger charge is -2.21. The van der Waals surface area contributed by atoms with Gasteiger partial charge in [-0.25, -0.2) is 4.79 Å². The van der Waals surface area contributed by atoms with Gasteiger partial charge in [-0.1, -0.05) is 47.5 Å². The number of ether oxygens (including phenoxy) is 2. The average molecular weight is 424 g/mol. The van der Waals surface area contributed by atoms with Gasteiger partial charge in [-0.2, -0.15) is 0 Å². The number of hydrazine groups is 1. The van der Waals surface area contributed by atoms with Crippen LogP contribution in [0.1, 0.15) is 18.1 Å². The topological polar surface area (TPSA) is 99.6 Å². The van der Waals surface area contributed by atoms with E-state index in [0.717, 1.165) is 11.1 Å². The van der Waals surface area contributed by atoms with E-state index >= 15 is 0 Å². The van der Waals surface area contributed by atoms with Crippen molar-refractivity contribution < 1.29 is 14.3 Å². The fourth-order valence-corrected chi connectivity index (χ4v) is 2.85. The highest BCUT2D eigenvalue weighted by Gasteiger charge is 2.20. The van der Waals surface area contributed by atoms with E-state index in [-0.39, 0.29) is 24.3 Å². The molecule has 0 heterocycles. The van der Waals surface area contributed by atoms with Crippen LogP contribution >= 0.6 is 23.2 Å². The number of nitrogens with two attached hydrogens (primary N) is 2. The predicted octanol–water partition coefficient (Wildman–Crippen LogP) is 3.32. The van der Waals surface area contributed by atoms with Crippen molar-refractivity contribution >= 4 is 29.2 Å². The minimum Gasteiger partial charge on any atom is -0.474 e. The van der Waals surface area contributed by atoms with E-state index < -0.39 is 5.97 Å². The van der Waals surface area contributed by atoms with Crippen molar-refractivity contribution in [2.45, 2.75) is 25.9 Å².